The maximum absolute atomic E-state index is 14.2. The minimum Gasteiger partial charge on any atom is -0.495 e. The quantitative estimate of drug-likeness (QED) is 0.214. The van der Waals surface area contributed by atoms with E-state index in [0.717, 1.165) is 44.4 Å². The molecule has 11 heteroatoms. The van der Waals surface area contributed by atoms with Gasteiger partial charge in [0.25, 0.3) is 5.56 Å². The standard InChI is InChI=1S/C29H39Cl2N5O3S/c1-8-34(19-9-11-35(12-10-19)29(2,3)4)13-14-36-26-18(17-32-28(33-26)40-7)15-20(27(36)37)23-24(30)21(38-5)16-22(39-6)25(23)31/h15-17,19H,8-14H2,1-7H3. The van der Waals surface area contributed by atoms with Gasteiger partial charge >= 0.3 is 0 Å². The first kappa shape index (κ1) is 30.9. The summed E-state index contributed by atoms with van der Waals surface area (Å²) in [6.07, 6.45) is 5.87. The molecular formula is C29H39Cl2N5O3S. The summed E-state index contributed by atoms with van der Waals surface area (Å²) in [5.74, 6) is 0.744. The lowest BCUT2D eigenvalue weighted by molar-refractivity contribution is 0.0570. The monoisotopic (exact) mass is 607 g/mol. The van der Waals surface area contributed by atoms with E-state index in [2.05, 4.69) is 42.5 Å². The van der Waals surface area contributed by atoms with E-state index in [-0.39, 0.29) is 21.1 Å². The van der Waals surface area contributed by atoms with Crippen molar-refractivity contribution in [2.75, 3.05) is 46.7 Å². The number of hydrogen-bond acceptors (Lipinski definition) is 8. The van der Waals surface area contributed by atoms with Gasteiger partial charge in [-0.25, -0.2) is 9.97 Å². The number of likely N-dealkylation sites (N-methyl/N-ethyl adjacent to an activating group) is 1. The highest BCUT2D eigenvalue weighted by Gasteiger charge is 2.30. The molecule has 0 N–H and O–H groups in total. The van der Waals surface area contributed by atoms with E-state index in [4.69, 9.17) is 37.7 Å². The number of aromatic nitrogens is 3. The van der Waals surface area contributed by atoms with Crippen LogP contribution < -0.4 is 15.0 Å². The number of methoxy groups -OCH3 is 2. The molecule has 1 aliphatic rings. The third-order valence-corrected chi connectivity index (χ3v) is 9.09. The molecular weight excluding hydrogens is 569 g/mol. The summed E-state index contributed by atoms with van der Waals surface area (Å²) in [4.78, 5) is 28.4. The van der Waals surface area contributed by atoms with Crippen molar-refractivity contribution in [3.05, 3.63) is 38.7 Å². The van der Waals surface area contributed by atoms with Gasteiger partial charge in [0, 0.05) is 61.0 Å². The van der Waals surface area contributed by atoms with E-state index in [1.54, 1.807) is 22.9 Å². The topological polar surface area (TPSA) is 72.7 Å². The van der Waals surface area contributed by atoms with E-state index in [1.165, 1.54) is 26.0 Å². The van der Waals surface area contributed by atoms with E-state index in [0.29, 0.717) is 46.0 Å². The van der Waals surface area contributed by atoms with Gasteiger partial charge < -0.3 is 9.47 Å². The van der Waals surface area contributed by atoms with Crippen molar-refractivity contribution in [1.29, 1.82) is 0 Å². The van der Waals surface area contributed by atoms with Gasteiger partial charge in [-0.3, -0.25) is 19.2 Å². The lowest BCUT2D eigenvalue weighted by Gasteiger charge is -2.43. The van der Waals surface area contributed by atoms with Crippen molar-refractivity contribution in [3.8, 4) is 22.6 Å². The number of likely N-dealkylation sites (tertiary alicyclic amines) is 1. The number of piperidine rings is 1. The second kappa shape index (κ2) is 12.9. The lowest BCUT2D eigenvalue weighted by Crippen LogP contribution is -2.51. The average Bonchev–Trinajstić information content (AvgIpc) is 2.94. The van der Waals surface area contributed by atoms with Crippen molar-refractivity contribution in [3.63, 3.8) is 0 Å². The van der Waals surface area contributed by atoms with E-state index in [9.17, 15) is 4.79 Å². The highest BCUT2D eigenvalue weighted by Crippen LogP contribution is 2.45. The van der Waals surface area contributed by atoms with Gasteiger partial charge in [-0.2, -0.15) is 0 Å². The molecule has 0 saturated carbocycles. The summed E-state index contributed by atoms with van der Waals surface area (Å²) in [6.45, 7) is 13.2. The third kappa shape index (κ3) is 6.23. The van der Waals surface area contributed by atoms with Crippen LogP contribution in [-0.4, -0.2) is 82.6 Å². The molecule has 218 valence electrons. The number of rotatable bonds is 9. The van der Waals surface area contributed by atoms with Crippen molar-refractivity contribution in [1.82, 2.24) is 24.3 Å². The molecule has 0 bridgehead atoms. The number of hydrogen-bond donors (Lipinski definition) is 0. The molecule has 0 amide bonds. The molecule has 0 aliphatic carbocycles. The molecule has 0 spiro atoms. The molecule has 8 nitrogen and oxygen atoms in total. The summed E-state index contributed by atoms with van der Waals surface area (Å²) in [6, 6.07) is 3.84. The Morgan fingerprint density at radius 1 is 1.10 bits per heavy atom. The summed E-state index contributed by atoms with van der Waals surface area (Å²) in [5, 5.41) is 1.83. The molecule has 2 aromatic heterocycles. The number of pyridine rings is 1. The number of thioether (sulfide) groups is 1. The van der Waals surface area contributed by atoms with Gasteiger partial charge in [0.05, 0.1) is 29.8 Å². The Bertz CT molecular complexity index is 1390. The zero-order valence-electron chi connectivity index (χ0n) is 24.4. The molecule has 0 atom stereocenters. The first-order valence-corrected chi connectivity index (χ1v) is 15.6. The van der Waals surface area contributed by atoms with Gasteiger partial charge in [-0.1, -0.05) is 41.9 Å². The Balaban J connectivity index is 1.76. The highest BCUT2D eigenvalue weighted by atomic mass is 35.5. The molecule has 1 aromatic carbocycles. The van der Waals surface area contributed by atoms with Crippen LogP contribution in [0.15, 0.2) is 28.3 Å². The fraction of sp³-hybridized carbons (Fsp3) is 0.552. The van der Waals surface area contributed by atoms with Crippen LogP contribution in [0, 0.1) is 0 Å². The van der Waals surface area contributed by atoms with Crippen LogP contribution in [0.4, 0.5) is 0 Å². The Morgan fingerprint density at radius 3 is 2.25 bits per heavy atom. The lowest BCUT2D eigenvalue weighted by atomic mass is 9.97. The van der Waals surface area contributed by atoms with Gasteiger partial charge in [0.2, 0.25) is 0 Å². The predicted molar refractivity (Wildman–Crippen MR) is 166 cm³/mol. The Labute approximate surface area is 251 Å². The highest BCUT2D eigenvalue weighted by molar-refractivity contribution is 7.98. The van der Waals surface area contributed by atoms with Gasteiger partial charge in [0.15, 0.2) is 5.16 Å². The molecule has 3 aromatic rings. The molecule has 1 saturated heterocycles. The first-order chi connectivity index (χ1) is 19.0. The molecule has 3 heterocycles. The molecule has 1 fully saturated rings. The smallest absolute Gasteiger partial charge is 0.260 e. The Kier molecular flexibility index (Phi) is 9.94. The normalized spacial score (nSPS) is 15.2. The average molecular weight is 609 g/mol. The van der Waals surface area contributed by atoms with E-state index >= 15 is 0 Å². The fourth-order valence-electron chi connectivity index (χ4n) is 5.48. The summed E-state index contributed by atoms with van der Waals surface area (Å²) in [7, 11) is 3.03. The zero-order valence-corrected chi connectivity index (χ0v) is 26.7. The molecule has 4 rings (SSSR count). The van der Waals surface area contributed by atoms with Gasteiger partial charge in [-0.05, 0) is 52.5 Å². The van der Waals surface area contributed by atoms with Crippen LogP contribution in [0.2, 0.25) is 10.0 Å². The molecule has 0 radical (unpaired) electrons. The maximum atomic E-state index is 14.2. The molecule has 40 heavy (non-hydrogen) atoms. The second-order valence-corrected chi connectivity index (χ2v) is 12.5. The third-order valence-electron chi connectivity index (χ3n) is 7.78. The van der Waals surface area contributed by atoms with Crippen LogP contribution in [0.5, 0.6) is 11.5 Å². The summed E-state index contributed by atoms with van der Waals surface area (Å²) < 4.78 is 12.7. The minimum absolute atomic E-state index is 0.175. The summed E-state index contributed by atoms with van der Waals surface area (Å²) in [5.41, 5.74) is 1.26. The zero-order chi connectivity index (χ0) is 29.2. The Hall–Kier alpha value is -2.04. The number of benzene rings is 1. The first-order valence-electron chi connectivity index (χ1n) is 13.6. The molecule has 0 unspecified atom stereocenters. The van der Waals surface area contributed by atoms with E-state index in [1.807, 2.05) is 6.26 Å². The van der Waals surface area contributed by atoms with Crippen LogP contribution in [0.25, 0.3) is 22.2 Å². The SMILES string of the molecule is CCN(CCn1c(=O)c(-c2c(Cl)c(OC)cc(OC)c2Cl)cc2cnc(SC)nc21)C1CCN(C(C)(C)C)CC1. The van der Waals surface area contributed by atoms with Crippen molar-refractivity contribution in [2.24, 2.45) is 0 Å². The number of nitrogens with zero attached hydrogens (tertiary/aromatic N) is 5. The van der Waals surface area contributed by atoms with Gasteiger partial charge in [-0.15, -0.1) is 0 Å². The number of fused-ring (bicyclic) bond motifs is 1. The van der Waals surface area contributed by atoms with Crippen molar-refractivity contribution >= 4 is 46.0 Å². The van der Waals surface area contributed by atoms with Crippen LogP contribution >= 0.6 is 35.0 Å². The maximum Gasteiger partial charge on any atom is 0.260 e. The summed E-state index contributed by atoms with van der Waals surface area (Å²) >= 11 is 14.9. The molecule has 1 aliphatic heterocycles. The van der Waals surface area contributed by atoms with Crippen molar-refractivity contribution < 1.29 is 9.47 Å². The Morgan fingerprint density at radius 2 is 1.73 bits per heavy atom. The number of halogens is 2. The number of ether oxygens (including phenoxy) is 2. The second-order valence-electron chi connectivity index (χ2n) is 11.0. The largest absolute Gasteiger partial charge is 0.495 e. The van der Waals surface area contributed by atoms with E-state index < -0.39 is 0 Å². The van der Waals surface area contributed by atoms with Crippen LogP contribution in [-0.2, 0) is 6.54 Å². The van der Waals surface area contributed by atoms with Crippen molar-refractivity contribution in [2.45, 2.75) is 63.8 Å². The van der Waals surface area contributed by atoms with Gasteiger partial charge in [0.1, 0.15) is 17.1 Å². The van der Waals surface area contributed by atoms with Crippen LogP contribution in [0.1, 0.15) is 40.5 Å². The predicted octanol–water partition coefficient (Wildman–Crippen LogP) is 6.09. The fourth-order valence-corrected chi connectivity index (χ4v) is 6.52. The minimum atomic E-state index is -0.226. The van der Waals surface area contributed by atoms with Crippen LogP contribution in [0.3, 0.4) is 0 Å².